The molecule has 6 heteroatoms. The molecule has 0 amide bonds. The number of fused-ring (bicyclic) bond motifs is 1. The Bertz CT molecular complexity index is 645. The summed E-state index contributed by atoms with van der Waals surface area (Å²) >= 11 is 3.31. The zero-order valence-corrected chi connectivity index (χ0v) is 10.9. The van der Waals surface area contributed by atoms with Crippen molar-refractivity contribution in [2.24, 2.45) is 0 Å². The highest BCUT2D eigenvalue weighted by Gasteiger charge is 2.19. The summed E-state index contributed by atoms with van der Waals surface area (Å²) in [5, 5.41) is 10.0. The number of aliphatic hydroxyl groups excluding tert-OH is 1. The fourth-order valence-corrected chi connectivity index (χ4v) is 3.56. The van der Waals surface area contributed by atoms with E-state index in [0.717, 1.165) is 15.6 Å². The van der Waals surface area contributed by atoms with Gasteiger partial charge in [0, 0.05) is 9.86 Å². The molecule has 1 N–H and O–H groups in total. The predicted molar refractivity (Wildman–Crippen MR) is 65.8 cm³/mol. The van der Waals surface area contributed by atoms with Gasteiger partial charge in [-0.1, -0.05) is 18.2 Å². The molecule has 86 valence electrons. The largest absolute Gasteiger partial charge is 0.390 e. The van der Waals surface area contributed by atoms with E-state index in [1.165, 1.54) is 0 Å². The number of hydrogen-bond donors (Lipinski definition) is 1. The van der Waals surface area contributed by atoms with Crippen molar-refractivity contribution in [1.82, 2.24) is 3.97 Å². The Morgan fingerprint density at radius 3 is 2.56 bits per heavy atom. The Morgan fingerprint density at radius 1 is 1.38 bits per heavy atom. The monoisotopic (exact) mass is 303 g/mol. The van der Waals surface area contributed by atoms with Crippen LogP contribution in [0.3, 0.4) is 0 Å². The number of hydrogen-bond acceptors (Lipinski definition) is 3. The maximum Gasteiger partial charge on any atom is 0.236 e. The van der Waals surface area contributed by atoms with Crippen LogP contribution in [0.4, 0.5) is 0 Å². The van der Waals surface area contributed by atoms with E-state index >= 15 is 0 Å². The minimum absolute atomic E-state index is 0.331. The molecule has 16 heavy (non-hydrogen) atoms. The minimum atomic E-state index is -3.42. The summed E-state index contributed by atoms with van der Waals surface area (Å²) in [6, 6.07) is 7.10. The second-order valence-electron chi connectivity index (χ2n) is 3.46. The molecule has 0 aliphatic rings. The molecule has 0 radical (unpaired) electrons. The lowest BCUT2D eigenvalue weighted by Gasteiger charge is -2.05. The molecular formula is C10H10BrNO3S. The summed E-state index contributed by atoms with van der Waals surface area (Å²) in [5.41, 5.74) is 0.921. The van der Waals surface area contributed by atoms with Crippen LogP contribution in [0.2, 0.25) is 0 Å². The van der Waals surface area contributed by atoms with Crippen LogP contribution in [-0.4, -0.2) is 23.8 Å². The van der Waals surface area contributed by atoms with Gasteiger partial charge in [0.2, 0.25) is 10.0 Å². The van der Waals surface area contributed by atoms with Crippen LogP contribution in [0.25, 0.3) is 10.9 Å². The van der Waals surface area contributed by atoms with Gasteiger partial charge in [0.15, 0.2) is 0 Å². The quantitative estimate of drug-likeness (QED) is 0.919. The zero-order valence-electron chi connectivity index (χ0n) is 8.51. The van der Waals surface area contributed by atoms with E-state index in [0.29, 0.717) is 15.7 Å². The highest BCUT2D eigenvalue weighted by molar-refractivity contribution is 9.10. The third-order valence-electron chi connectivity index (χ3n) is 2.34. The SMILES string of the molecule is CS(=O)(=O)n1c(CO)c(Br)c2ccccc21. The van der Waals surface area contributed by atoms with Crippen molar-refractivity contribution in [3.8, 4) is 0 Å². The van der Waals surface area contributed by atoms with Crippen LogP contribution in [-0.2, 0) is 16.6 Å². The smallest absolute Gasteiger partial charge is 0.236 e. The Morgan fingerprint density at radius 2 is 2.00 bits per heavy atom. The molecule has 1 aromatic heterocycles. The lowest BCUT2D eigenvalue weighted by molar-refractivity contribution is 0.275. The average Bonchev–Trinajstić information content (AvgIpc) is 2.51. The molecule has 0 saturated heterocycles. The molecule has 0 aliphatic heterocycles. The number of rotatable bonds is 2. The van der Waals surface area contributed by atoms with Crippen molar-refractivity contribution in [3.05, 3.63) is 34.4 Å². The van der Waals surface area contributed by atoms with Gasteiger partial charge in [0.25, 0.3) is 0 Å². The second-order valence-corrected chi connectivity index (χ2v) is 6.09. The number of benzene rings is 1. The van der Waals surface area contributed by atoms with Crippen molar-refractivity contribution in [1.29, 1.82) is 0 Å². The van der Waals surface area contributed by atoms with E-state index in [4.69, 9.17) is 0 Å². The Balaban J connectivity index is 3.01. The maximum atomic E-state index is 11.7. The van der Waals surface area contributed by atoms with Crippen LogP contribution >= 0.6 is 15.9 Å². The molecule has 1 heterocycles. The number of aromatic nitrogens is 1. The normalized spacial score (nSPS) is 12.2. The molecule has 0 saturated carbocycles. The van der Waals surface area contributed by atoms with E-state index in [2.05, 4.69) is 15.9 Å². The summed E-state index contributed by atoms with van der Waals surface area (Å²) in [4.78, 5) is 0. The van der Waals surface area contributed by atoms with E-state index in [1.54, 1.807) is 18.2 Å². The van der Waals surface area contributed by atoms with Crippen molar-refractivity contribution in [3.63, 3.8) is 0 Å². The lowest BCUT2D eigenvalue weighted by atomic mass is 10.2. The van der Waals surface area contributed by atoms with Gasteiger partial charge < -0.3 is 5.11 Å². The third-order valence-corrected chi connectivity index (χ3v) is 4.30. The molecule has 0 bridgehead atoms. The molecule has 0 atom stereocenters. The van der Waals surface area contributed by atoms with Crippen molar-refractivity contribution in [2.45, 2.75) is 6.61 Å². The van der Waals surface area contributed by atoms with Gasteiger partial charge in [-0.3, -0.25) is 0 Å². The van der Waals surface area contributed by atoms with E-state index in [-0.39, 0.29) is 6.61 Å². The Kier molecular flexibility index (Phi) is 2.81. The van der Waals surface area contributed by atoms with Crippen LogP contribution in [0.5, 0.6) is 0 Å². The average molecular weight is 304 g/mol. The standard InChI is InChI=1S/C10H10BrNO3S/c1-16(14,15)12-8-5-3-2-4-7(8)10(11)9(12)6-13/h2-5,13H,6H2,1H3. The number of aliphatic hydroxyl groups is 1. The van der Waals surface area contributed by atoms with Crippen LogP contribution in [0.1, 0.15) is 5.69 Å². The highest BCUT2D eigenvalue weighted by Crippen LogP contribution is 2.31. The predicted octanol–water partition coefficient (Wildman–Crippen LogP) is 1.70. The van der Waals surface area contributed by atoms with E-state index in [9.17, 15) is 13.5 Å². The molecule has 1 aromatic carbocycles. The topological polar surface area (TPSA) is 59.3 Å². The second kappa shape index (κ2) is 3.87. The summed E-state index contributed by atoms with van der Waals surface area (Å²) in [7, 11) is -3.42. The molecule has 2 aromatic rings. The third kappa shape index (κ3) is 1.66. The Hall–Kier alpha value is -0.850. The Labute approximate surface area is 102 Å². The number of halogens is 1. The maximum absolute atomic E-state index is 11.7. The number of para-hydroxylation sites is 1. The van der Waals surface area contributed by atoms with Crippen molar-refractivity contribution in [2.75, 3.05) is 6.26 Å². The molecule has 4 nitrogen and oxygen atoms in total. The van der Waals surface area contributed by atoms with E-state index < -0.39 is 10.0 Å². The summed E-state index contributed by atoms with van der Waals surface area (Å²) in [6.07, 6.45) is 1.12. The van der Waals surface area contributed by atoms with Gasteiger partial charge in [0.1, 0.15) is 0 Å². The van der Waals surface area contributed by atoms with Crippen LogP contribution < -0.4 is 0 Å². The van der Waals surface area contributed by atoms with Gasteiger partial charge in [0.05, 0.1) is 24.1 Å². The fourth-order valence-electron chi connectivity index (χ4n) is 1.74. The first-order valence-corrected chi connectivity index (χ1v) is 7.20. The first-order valence-electron chi connectivity index (χ1n) is 4.56. The molecular weight excluding hydrogens is 294 g/mol. The lowest BCUT2D eigenvalue weighted by Crippen LogP contribution is -2.13. The molecule has 2 rings (SSSR count). The summed E-state index contributed by atoms with van der Waals surface area (Å²) in [6.45, 7) is -0.331. The zero-order chi connectivity index (χ0) is 11.9. The van der Waals surface area contributed by atoms with Gasteiger partial charge in [-0.15, -0.1) is 0 Å². The van der Waals surface area contributed by atoms with Crippen molar-refractivity contribution < 1.29 is 13.5 Å². The molecule has 0 fully saturated rings. The first kappa shape index (κ1) is 11.6. The molecule has 0 aliphatic carbocycles. The summed E-state index contributed by atoms with van der Waals surface area (Å²) in [5.74, 6) is 0. The fraction of sp³-hybridized carbons (Fsp3) is 0.200. The highest BCUT2D eigenvalue weighted by atomic mass is 79.9. The van der Waals surface area contributed by atoms with Gasteiger partial charge in [-0.05, 0) is 22.0 Å². The first-order chi connectivity index (χ1) is 7.46. The molecule has 0 unspecified atom stereocenters. The minimum Gasteiger partial charge on any atom is -0.390 e. The van der Waals surface area contributed by atoms with Crippen LogP contribution in [0.15, 0.2) is 28.7 Å². The van der Waals surface area contributed by atoms with Crippen molar-refractivity contribution >= 4 is 36.9 Å². The van der Waals surface area contributed by atoms with Gasteiger partial charge >= 0.3 is 0 Å². The van der Waals surface area contributed by atoms with Crippen LogP contribution in [0, 0.1) is 0 Å². The van der Waals surface area contributed by atoms with Gasteiger partial charge in [-0.2, -0.15) is 0 Å². The van der Waals surface area contributed by atoms with E-state index in [1.807, 2.05) is 6.07 Å². The molecule has 0 spiro atoms. The van der Waals surface area contributed by atoms with Gasteiger partial charge in [-0.25, -0.2) is 12.4 Å². The summed E-state index contributed by atoms with van der Waals surface area (Å²) < 4.78 is 25.1. The number of nitrogens with zero attached hydrogens (tertiary/aromatic N) is 1.